The number of carbonyl (C=O) groups excluding carboxylic acids is 1. The molecule has 0 fully saturated rings. The summed E-state index contributed by atoms with van der Waals surface area (Å²) in [4.78, 5) is 12.3. The molecule has 0 aliphatic rings. The molecule has 0 radical (unpaired) electrons. The largest absolute Gasteiger partial charge is 0.288 e. The van der Waals surface area contributed by atoms with Gasteiger partial charge in [-0.1, -0.05) is 6.07 Å². The molecule has 0 aromatic heterocycles. The topological polar surface area (TPSA) is 51.2 Å². The second kappa shape index (κ2) is 5.46. The molecule has 3 nitrogen and oxygen atoms in total. The van der Waals surface area contributed by atoms with E-state index in [-0.39, 0.29) is 20.5 Å². The van der Waals surface area contributed by atoms with Gasteiger partial charge >= 0.3 is 0 Å². The van der Waals surface area contributed by atoms with Gasteiger partial charge in [0.25, 0.3) is 0 Å². The maximum atomic E-state index is 13.8. The van der Waals surface area contributed by atoms with E-state index in [9.17, 15) is 17.6 Å². The van der Waals surface area contributed by atoms with Crippen LogP contribution in [0.3, 0.4) is 0 Å². The Balaban J connectivity index is 2.42. The fourth-order valence-corrected chi connectivity index (χ4v) is 2.68. The van der Waals surface area contributed by atoms with Crippen molar-refractivity contribution in [3.63, 3.8) is 0 Å². The fraction of sp³-hybridized carbons (Fsp3) is 0.0714. The number of ketones is 1. The molecule has 0 atom stereocenters. The highest BCUT2D eigenvalue weighted by Crippen LogP contribution is 2.21. The summed E-state index contributed by atoms with van der Waals surface area (Å²) in [5.74, 6) is -1.13. The van der Waals surface area contributed by atoms with Gasteiger partial charge in [0.15, 0.2) is 15.6 Å². The van der Waals surface area contributed by atoms with E-state index in [0.29, 0.717) is 0 Å². The van der Waals surface area contributed by atoms with E-state index in [0.717, 1.165) is 6.26 Å². The summed E-state index contributed by atoms with van der Waals surface area (Å²) in [5, 5.41) is 0. The molecule has 0 aliphatic carbocycles. The Morgan fingerprint density at radius 2 is 1.70 bits per heavy atom. The van der Waals surface area contributed by atoms with Crippen LogP contribution in [0.2, 0.25) is 0 Å². The van der Waals surface area contributed by atoms with Crippen molar-refractivity contribution in [3.8, 4) is 0 Å². The third kappa shape index (κ3) is 2.96. The van der Waals surface area contributed by atoms with Crippen molar-refractivity contribution >= 4 is 31.6 Å². The zero-order chi connectivity index (χ0) is 14.9. The summed E-state index contributed by atoms with van der Waals surface area (Å²) in [7, 11) is -3.32. The van der Waals surface area contributed by atoms with Gasteiger partial charge in [-0.05, 0) is 52.3 Å². The number of hydrogen-bond donors (Lipinski definition) is 0. The third-order valence-electron chi connectivity index (χ3n) is 2.74. The molecule has 20 heavy (non-hydrogen) atoms. The Kier molecular flexibility index (Phi) is 4.06. The van der Waals surface area contributed by atoms with Crippen molar-refractivity contribution < 1.29 is 17.6 Å². The van der Waals surface area contributed by atoms with Crippen LogP contribution >= 0.6 is 15.9 Å². The van der Waals surface area contributed by atoms with Gasteiger partial charge in [0.05, 0.1) is 14.9 Å². The molecular weight excluding hydrogens is 347 g/mol. The summed E-state index contributed by atoms with van der Waals surface area (Å²) >= 11 is 3.02. The van der Waals surface area contributed by atoms with Crippen molar-refractivity contribution in [2.45, 2.75) is 4.90 Å². The lowest BCUT2D eigenvalue weighted by molar-refractivity contribution is 0.103. The van der Waals surface area contributed by atoms with Gasteiger partial charge < -0.3 is 0 Å². The molecule has 0 aliphatic heterocycles. The lowest BCUT2D eigenvalue weighted by atomic mass is 10.0. The second-order valence-corrected chi connectivity index (χ2v) is 7.10. The van der Waals surface area contributed by atoms with E-state index in [1.165, 1.54) is 36.4 Å². The maximum Gasteiger partial charge on any atom is 0.196 e. The molecule has 0 saturated heterocycles. The van der Waals surface area contributed by atoms with Crippen LogP contribution in [0.1, 0.15) is 15.9 Å². The van der Waals surface area contributed by atoms with Gasteiger partial charge in [0.2, 0.25) is 0 Å². The Labute approximate surface area is 124 Å². The van der Waals surface area contributed by atoms with Crippen LogP contribution in [0, 0.1) is 5.82 Å². The van der Waals surface area contributed by atoms with Crippen LogP contribution in [0.5, 0.6) is 0 Å². The van der Waals surface area contributed by atoms with Gasteiger partial charge in [-0.15, -0.1) is 0 Å². The molecule has 2 aromatic rings. The molecule has 2 rings (SSSR count). The predicted octanol–water partition coefficient (Wildman–Crippen LogP) is 3.22. The molecule has 0 spiro atoms. The maximum absolute atomic E-state index is 13.8. The highest BCUT2D eigenvalue weighted by molar-refractivity contribution is 9.10. The minimum atomic E-state index is -3.32. The Morgan fingerprint density at radius 1 is 1.10 bits per heavy atom. The zero-order valence-electron chi connectivity index (χ0n) is 10.4. The molecular formula is C14H10BrFO3S. The molecule has 104 valence electrons. The van der Waals surface area contributed by atoms with E-state index in [1.807, 2.05) is 0 Å². The van der Waals surface area contributed by atoms with Crippen LogP contribution in [0.4, 0.5) is 4.39 Å². The zero-order valence-corrected chi connectivity index (χ0v) is 12.8. The summed E-state index contributed by atoms with van der Waals surface area (Å²) in [6.45, 7) is 0. The first-order valence-electron chi connectivity index (χ1n) is 5.59. The Bertz CT molecular complexity index is 768. The molecule has 0 amide bonds. The van der Waals surface area contributed by atoms with Gasteiger partial charge in [-0.2, -0.15) is 0 Å². The number of rotatable bonds is 3. The first kappa shape index (κ1) is 14.9. The van der Waals surface area contributed by atoms with E-state index < -0.39 is 21.4 Å². The number of benzene rings is 2. The summed E-state index contributed by atoms with van der Waals surface area (Å²) in [5.41, 5.74) is 0.167. The second-order valence-electron chi connectivity index (χ2n) is 4.23. The van der Waals surface area contributed by atoms with Gasteiger partial charge in [0.1, 0.15) is 5.82 Å². The average Bonchev–Trinajstić information content (AvgIpc) is 2.40. The van der Waals surface area contributed by atoms with Crippen LogP contribution in [-0.2, 0) is 9.84 Å². The molecule has 0 bridgehead atoms. The lowest BCUT2D eigenvalue weighted by Gasteiger charge is -2.05. The van der Waals surface area contributed by atoms with Crippen LogP contribution in [-0.4, -0.2) is 20.5 Å². The minimum absolute atomic E-state index is 0.0634. The standard InChI is InChI=1S/C14H10BrFO3S/c1-20(18,19)10-7-5-9(6-8-10)14(17)11-3-2-4-12(15)13(11)16/h2-8H,1H3. The minimum Gasteiger partial charge on any atom is -0.288 e. The van der Waals surface area contributed by atoms with E-state index in [1.54, 1.807) is 6.07 Å². The Morgan fingerprint density at radius 3 is 2.25 bits per heavy atom. The van der Waals surface area contributed by atoms with Gasteiger partial charge in [0, 0.05) is 11.8 Å². The van der Waals surface area contributed by atoms with Gasteiger partial charge in [-0.25, -0.2) is 12.8 Å². The molecule has 0 heterocycles. The first-order valence-corrected chi connectivity index (χ1v) is 8.28. The highest BCUT2D eigenvalue weighted by atomic mass is 79.9. The van der Waals surface area contributed by atoms with Crippen molar-refractivity contribution in [2.24, 2.45) is 0 Å². The van der Waals surface area contributed by atoms with Crippen molar-refractivity contribution in [3.05, 3.63) is 63.9 Å². The lowest BCUT2D eigenvalue weighted by Crippen LogP contribution is -2.05. The van der Waals surface area contributed by atoms with Crippen LogP contribution < -0.4 is 0 Å². The number of hydrogen-bond acceptors (Lipinski definition) is 3. The van der Waals surface area contributed by atoms with Gasteiger partial charge in [-0.3, -0.25) is 4.79 Å². The smallest absolute Gasteiger partial charge is 0.196 e. The quantitative estimate of drug-likeness (QED) is 0.793. The van der Waals surface area contributed by atoms with Crippen molar-refractivity contribution in [1.29, 1.82) is 0 Å². The summed E-state index contributed by atoms with van der Waals surface area (Å²) in [6, 6.07) is 9.85. The Hall–Kier alpha value is -1.53. The summed E-state index contributed by atoms with van der Waals surface area (Å²) in [6.07, 6.45) is 1.08. The monoisotopic (exact) mass is 356 g/mol. The molecule has 2 aromatic carbocycles. The summed E-state index contributed by atoms with van der Waals surface area (Å²) < 4.78 is 36.7. The predicted molar refractivity (Wildman–Crippen MR) is 77.1 cm³/mol. The highest BCUT2D eigenvalue weighted by Gasteiger charge is 2.16. The van der Waals surface area contributed by atoms with E-state index >= 15 is 0 Å². The third-order valence-corrected chi connectivity index (χ3v) is 4.48. The van der Waals surface area contributed by atoms with Crippen molar-refractivity contribution in [1.82, 2.24) is 0 Å². The van der Waals surface area contributed by atoms with Crippen molar-refractivity contribution in [2.75, 3.05) is 6.26 Å². The number of halogens is 2. The normalized spacial score (nSPS) is 11.3. The van der Waals surface area contributed by atoms with E-state index in [2.05, 4.69) is 15.9 Å². The van der Waals surface area contributed by atoms with Crippen LogP contribution in [0.15, 0.2) is 51.8 Å². The number of carbonyl (C=O) groups is 1. The molecule has 0 saturated carbocycles. The SMILES string of the molecule is CS(=O)(=O)c1ccc(C(=O)c2cccc(Br)c2F)cc1. The van der Waals surface area contributed by atoms with E-state index in [4.69, 9.17) is 0 Å². The molecule has 0 N–H and O–H groups in total. The fourth-order valence-electron chi connectivity index (χ4n) is 1.69. The molecule has 6 heteroatoms. The van der Waals surface area contributed by atoms with Crippen LogP contribution in [0.25, 0.3) is 0 Å². The average molecular weight is 357 g/mol. The molecule has 0 unspecified atom stereocenters. The first-order chi connectivity index (χ1) is 9.30. The number of sulfone groups is 1.